The van der Waals surface area contributed by atoms with Crippen LogP contribution in [0.25, 0.3) is 5.57 Å². The second-order valence-electron chi connectivity index (χ2n) is 4.93. The Morgan fingerprint density at radius 1 is 1.18 bits per heavy atom. The zero-order valence-corrected chi connectivity index (χ0v) is 11.5. The Kier molecular flexibility index (Phi) is 3.47. The van der Waals surface area contributed by atoms with Crippen molar-refractivity contribution in [1.82, 2.24) is 0 Å². The number of amides is 1. The molecule has 0 saturated heterocycles. The molecule has 22 heavy (non-hydrogen) atoms. The fourth-order valence-corrected chi connectivity index (χ4v) is 2.52. The Balaban J connectivity index is 2.06. The molecule has 0 saturated carbocycles. The van der Waals surface area contributed by atoms with Crippen LogP contribution in [0.15, 0.2) is 54.6 Å². The van der Waals surface area contributed by atoms with E-state index >= 15 is 0 Å². The Hall–Kier alpha value is -2.95. The highest BCUT2D eigenvalue weighted by atomic mass is 19.1. The van der Waals surface area contributed by atoms with Crippen LogP contribution in [0.3, 0.4) is 0 Å². The van der Waals surface area contributed by atoms with E-state index in [-0.39, 0.29) is 5.57 Å². The summed E-state index contributed by atoms with van der Waals surface area (Å²) < 4.78 is 13.4. The Bertz CT molecular complexity index is 784. The van der Waals surface area contributed by atoms with Crippen molar-refractivity contribution in [2.45, 2.75) is 6.54 Å². The summed E-state index contributed by atoms with van der Waals surface area (Å²) in [5.74, 6) is -2.18. The van der Waals surface area contributed by atoms with Gasteiger partial charge in [-0.2, -0.15) is 0 Å². The first-order valence-electron chi connectivity index (χ1n) is 6.66. The molecule has 2 aromatic rings. The minimum Gasteiger partial charge on any atom is -0.478 e. The molecule has 0 fully saturated rings. The maximum absolute atomic E-state index is 13.4. The second kappa shape index (κ2) is 5.44. The fraction of sp³-hybridized carbons (Fsp3) is 0.0588. The van der Waals surface area contributed by atoms with Crippen molar-refractivity contribution in [2.24, 2.45) is 0 Å². The molecule has 1 N–H and O–H groups in total. The van der Waals surface area contributed by atoms with Gasteiger partial charge in [-0.1, -0.05) is 30.3 Å². The molecule has 0 atom stereocenters. The van der Waals surface area contributed by atoms with Crippen LogP contribution in [0.1, 0.15) is 11.1 Å². The molecular weight excluding hydrogens is 285 g/mol. The SMILES string of the molecule is O=C(O)C=C1C(=O)N(Cc2ccccc2)c2ccc(F)cc21. The molecule has 0 aromatic heterocycles. The van der Waals surface area contributed by atoms with E-state index in [4.69, 9.17) is 5.11 Å². The zero-order valence-electron chi connectivity index (χ0n) is 11.5. The number of anilines is 1. The average molecular weight is 297 g/mol. The third-order valence-corrected chi connectivity index (χ3v) is 3.47. The Morgan fingerprint density at radius 3 is 2.59 bits per heavy atom. The second-order valence-corrected chi connectivity index (χ2v) is 4.93. The zero-order chi connectivity index (χ0) is 15.7. The van der Waals surface area contributed by atoms with Gasteiger partial charge in [0.05, 0.1) is 17.8 Å². The van der Waals surface area contributed by atoms with E-state index in [1.807, 2.05) is 30.3 Å². The fourth-order valence-electron chi connectivity index (χ4n) is 2.52. The van der Waals surface area contributed by atoms with Crippen molar-refractivity contribution in [3.63, 3.8) is 0 Å². The lowest BCUT2D eigenvalue weighted by molar-refractivity contribution is -0.131. The van der Waals surface area contributed by atoms with Gasteiger partial charge in [-0.15, -0.1) is 0 Å². The van der Waals surface area contributed by atoms with Crippen molar-refractivity contribution in [1.29, 1.82) is 0 Å². The van der Waals surface area contributed by atoms with Gasteiger partial charge in [-0.3, -0.25) is 4.79 Å². The molecule has 3 rings (SSSR count). The van der Waals surface area contributed by atoms with Gasteiger partial charge in [-0.25, -0.2) is 9.18 Å². The van der Waals surface area contributed by atoms with E-state index < -0.39 is 17.7 Å². The van der Waals surface area contributed by atoms with Crippen LogP contribution in [0.4, 0.5) is 10.1 Å². The largest absolute Gasteiger partial charge is 0.478 e. The van der Waals surface area contributed by atoms with Crippen LogP contribution < -0.4 is 4.90 Å². The van der Waals surface area contributed by atoms with Gasteiger partial charge in [-0.05, 0) is 23.8 Å². The highest BCUT2D eigenvalue weighted by Gasteiger charge is 2.33. The van der Waals surface area contributed by atoms with E-state index in [1.165, 1.54) is 23.1 Å². The smallest absolute Gasteiger partial charge is 0.329 e. The molecule has 4 nitrogen and oxygen atoms in total. The predicted octanol–water partition coefficient (Wildman–Crippen LogP) is 2.84. The van der Waals surface area contributed by atoms with Crippen molar-refractivity contribution >= 4 is 23.1 Å². The van der Waals surface area contributed by atoms with E-state index in [2.05, 4.69) is 0 Å². The molecule has 5 heteroatoms. The minimum absolute atomic E-state index is 0.00192. The lowest BCUT2D eigenvalue weighted by atomic mass is 10.1. The summed E-state index contributed by atoms with van der Waals surface area (Å²) in [5.41, 5.74) is 1.73. The van der Waals surface area contributed by atoms with Crippen LogP contribution in [-0.4, -0.2) is 17.0 Å². The van der Waals surface area contributed by atoms with E-state index in [9.17, 15) is 14.0 Å². The summed E-state index contributed by atoms with van der Waals surface area (Å²) in [6, 6.07) is 13.3. The number of carboxylic acid groups (broad SMARTS) is 1. The first-order valence-corrected chi connectivity index (χ1v) is 6.66. The normalized spacial score (nSPS) is 15.2. The molecule has 110 valence electrons. The van der Waals surface area contributed by atoms with Crippen molar-refractivity contribution < 1.29 is 19.1 Å². The number of halogens is 1. The number of rotatable bonds is 3. The summed E-state index contributed by atoms with van der Waals surface area (Å²) in [5, 5.41) is 8.92. The van der Waals surface area contributed by atoms with Gasteiger partial charge in [0.2, 0.25) is 0 Å². The number of benzene rings is 2. The molecule has 0 aliphatic carbocycles. The Labute approximate surface area is 126 Å². The summed E-state index contributed by atoms with van der Waals surface area (Å²) >= 11 is 0. The van der Waals surface area contributed by atoms with Gasteiger partial charge >= 0.3 is 5.97 Å². The quantitative estimate of drug-likeness (QED) is 0.886. The molecule has 2 aromatic carbocycles. The molecule has 0 unspecified atom stereocenters. The highest BCUT2D eigenvalue weighted by molar-refractivity contribution is 6.34. The first-order chi connectivity index (χ1) is 10.6. The molecule has 1 aliphatic heterocycles. The van der Waals surface area contributed by atoms with Crippen molar-refractivity contribution in [2.75, 3.05) is 4.90 Å². The standard InChI is InChI=1S/C17H12FNO3/c18-12-6-7-15-13(8-12)14(9-16(20)21)17(22)19(15)10-11-4-2-1-3-5-11/h1-9H,10H2,(H,20,21). The molecular formula is C17H12FNO3. The van der Waals surface area contributed by atoms with Crippen molar-refractivity contribution in [3.05, 3.63) is 71.6 Å². The molecule has 1 heterocycles. The van der Waals surface area contributed by atoms with Gasteiger partial charge in [0.15, 0.2) is 0 Å². The highest BCUT2D eigenvalue weighted by Crippen LogP contribution is 2.38. The summed E-state index contributed by atoms with van der Waals surface area (Å²) in [6.45, 7) is 0.301. The van der Waals surface area contributed by atoms with Gasteiger partial charge in [0, 0.05) is 11.6 Å². The maximum atomic E-state index is 13.4. The maximum Gasteiger partial charge on any atom is 0.329 e. The number of fused-ring (bicyclic) bond motifs is 1. The predicted molar refractivity (Wildman–Crippen MR) is 79.6 cm³/mol. The lowest BCUT2D eigenvalue weighted by Gasteiger charge is -2.17. The summed E-state index contributed by atoms with van der Waals surface area (Å²) in [6.07, 6.45) is 0.825. The van der Waals surface area contributed by atoms with Crippen LogP contribution in [0, 0.1) is 5.82 Å². The lowest BCUT2D eigenvalue weighted by Crippen LogP contribution is -2.25. The number of hydrogen-bond donors (Lipinski definition) is 1. The molecule has 0 bridgehead atoms. The van der Waals surface area contributed by atoms with E-state index in [1.54, 1.807) is 0 Å². The number of nitrogens with zero attached hydrogens (tertiary/aromatic N) is 1. The average Bonchev–Trinajstić information content (AvgIpc) is 2.73. The number of aliphatic carboxylic acids is 1. The molecule has 1 aliphatic rings. The summed E-state index contributed by atoms with van der Waals surface area (Å²) in [7, 11) is 0. The first kappa shape index (κ1) is 14.0. The monoisotopic (exact) mass is 297 g/mol. The third kappa shape index (κ3) is 2.48. The van der Waals surface area contributed by atoms with E-state index in [0.29, 0.717) is 17.8 Å². The number of carboxylic acids is 1. The number of carbonyl (C=O) groups excluding carboxylic acids is 1. The van der Waals surface area contributed by atoms with E-state index in [0.717, 1.165) is 11.6 Å². The molecule has 0 radical (unpaired) electrons. The van der Waals surface area contributed by atoms with Gasteiger partial charge in [0.1, 0.15) is 5.82 Å². The van der Waals surface area contributed by atoms with Crippen LogP contribution in [-0.2, 0) is 16.1 Å². The van der Waals surface area contributed by atoms with Crippen LogP contribution in [0.5, 0.6) is 0 Å². The molecule has 1 amide bonds. The minimum atomic E-state index is -1.24. The van der Waals surface area contributed by atoms with Gasteiger partial charge < -0.3 is 10.0 Å². The van der Waals surface area contributed by atoms with Crippen LogP contribution >= 0.6 is 0 Å². The van der Waals surface area contributed by atoms with Crippen LogP contribution in [0.2, 0.25) is 0 Å². The van der Waals surface area contributed by atoms with Crippen molar-refractivity contribution in [3.8, 4) is 0 Å². The third-order valence-electron chi connectivity index (χ3n) is 3.47. The number of carbonyl (C=O) groups is 2. The molecule has 0 spiro atoms. The topological polar surface area (TPSA) is 57.6 Å². The Morgan fingerprint density at radius 2 is 1.91 bits per heavy atom. The van der Waals surface area contributed by atoms with Gasteiger partial charge in [0.25, 0.3) is 5.91 Å². The summed E-state index contributed by atoms with van der Waals surface area (Å²) in [4.78, 5) is 24.9. The number of hydrogen-bond acceptors (Lipinski definition) is 2.